The van der Waals surface area contributed by atoms with Crippen LogP contribution in [0.25, 0.3) is 0 Å². The first-order chi connectivity index (χ1) is 10.8. The average molecular weight is 328 g/mol. The van der Waals surface area contributed by atoms with E-state index in [4.69, 9.17) is 10.00 Å². The number of hydrogen-bond acceptors (Lipinski definition) is 4. The van der Waals surface area contributed by atoms with Crippen LogP contribution in [0.1, 0.15) is 84.0 Å². The second-order valence-electron chi connectivity index (χ2n) is 5.67. The lowest BCUT2D eigenvalue weighted by molar-refractivity contribution is -0.143. The highest BCUT2D eigenvalue weighted by Gasteiger charge is 2.02. The third kappa shape index (κ3) is 17.4. The van der Waals surface area contributed by atoms with Gasteiger partial charge in [-0.3, -0.25) is 4.79 Å². The van der Waals surface area contributed by atoms with E-state index in [0.717, 1.165) is 17.9 Å². The van der Waals surface area contributed by atoms with Crippen molar-refractivity contribution < 1.29 is 9.53 Å². The fourth-order valence-electron chi connectivity index (χ4n) is 2.22. The molecule has 0 aliphatic rings. The summed E-state index contributed by atoms with van der Waals surface area (Å²) in [5.41, 5.74) is 0. The van der Waals surface area contributed by atoms with Gasteiger partial charge in [0.15, 0.2) is 0 Å². The van der Waals surface area contributed by atoms with Gasteiger partial charge in [-0.25, -0.2) is 0 Å². The number of carbonyl (C=O) groups is 1. The van der Waals surface area contributed by atoms with Gasteiger partial charge in [0.2, 0.25) is 0 Å². The van der Waals surface area contributed by atoms with Crippen LogP contribution >= 0.6 is 11.8 Å². The van der Waals surface area contributed by atoms with Gasteiger partial charge in [0, 0.05) is 17.9 Å². The van der Waals surface area contributed by atoms with Gasteiger partial charge in [-0.05, 0) is 6.42 Å². The van der Waals surface area contributed by atoms with Gasteiger partial charge in [-0.15, -0.1) is 0 Å². The normalized spacial score (nSPS) is 10.4. The lowest BCUT2D eigenvalue weighted by Gasteiger charge is -2.05. The third-order valence-corrected chi connectivity index (χ3v) is 4.56. The maximum Gasteiger partial charge on any atom is 0.306 e. The quantitative estimate of drug-likeness (QED) is 0.278. The van der Waals surface area contributed by atoms with Gasteiger partial charge in [0.1, 0.15) is 0 Å². The third-order valence-electron chi connectivity index (χ3n) is 3.57. The molecule has 0 saturated carbocycles. The second kappa shape index (κ2) is 18.4. The molecule has 0 amide bonds. The van der Waals surface area contributed by atoms with Crippen molar-refractivity contribution in [3.05, 3.63) is 0 Å². The van der Waals surface area contributed by atoms with Crippen molar-refractivity contribution in [3.8, 4) is 6.07 Å². The first kappa shape index (κ1) is 21.3. The largest absolute Gasteiger partial charge is 0.466 e. The maximum absolute atomic E-state index is 11.4. The number of ether oxygens (including phenoxy) is 1. The number of nitriles is 1. The van der Waals surface area contributed by atoms with Gasteiger partial charge in [-0.2, -0.15) is 17.0 Å². The van der Waals surface area contributed by atoms with E-state index in [1.165, 1.54) is 57.8 Å². The molecular formula is C18H33NO2S. The first-order valence-electron chi connectivity index (χ1n) is 8.91. The Hall–Kier alpha value is -0.690. The highest BCUT2D eigenvalue weighted by atomic mass is 32.2. The van der Waals surface area contributed by atoms with Crippen LogP contribution in [0.2, 0.25) is 0 Å². The number of hydrogen-bond donors (Lipinski definition) is 0. The topological polar surface area (TPSA) is 50.1 Å². The Labute approximate surface area is 141 Å². The Morgan fingerprint density at radius 3 is 2.14 bits per heavy atom. The lowest BCUT2D eigenvalue weighted by Crippen LogP contribution is -2.07. The predicted octanol–water partition coefficient (Wildman–Crippen LogP) is 5.49. The molecule has 0 atom stereocenters. The van der Waals surface area contributed by atoms with Crippen LogP contribution in [0.3, 0.4) is 0 Å². The molecule has 0 aromatic carbocycles. The van der Waals surface area contributed by atoms with E-state index in [0.29, 0.717) is 19.4 Å². The van der Waals surface area contributed by atoms with E-state index in [9.17, 15) is 4.79 Å². The number of nitrogens with zero attached hydrogens (tertiary/aromatic N) is 1. The van der Waals surface area contributed by atoms with Crippen LogP contribution in [-0.2, 0) is 9.53 Å². The van der Waals surface area contributed by atoms with E-state index >= 15 is 0 Å². The van der Waals surface area contributed by atoms with Crippen molar-refractivity contribution >= 4 is 17.7 Å². The summed E-state index contributed by atoms with van der Waals surface area (Å²) in [6, 6.07) is 2.09. The van der Waals surface area contributed by atoms with Gasteiger partial charge < -0.3 is 4.74 Å². The summed E-state index contributed by atoms with van der Waals surface area (Å²) in [4.78, 5) is 11.4. The maximum atomic E-state index is 11.4. The number of unbranched alkanes of at least 4 members (excludes halogenated alkanes) is 9. The fraction of sp³-hybridized carbons (Fsp3) is 0.889. The summed E-state index contributed by atoms with van der Waals surface area (Å²) in [6.45, 7) is 2.82. The number of thioether (sulfide) groups is 1. The molecule has 0 rings (SSSR count). The molecule has 3 nitrogen and oxygen atoms in total. The molecule has 128 valence electrons. The van der Waals surface area contributed by atoms with Crippen LogP contribution in [0.4, 0.5) is 0 Å². The van der Waals surface area contributed by atoms with Crippen molar-refractivity contribution in [2.45, 2.75) is 84.0 Å². The minimum atomic E-state index is -0.0969. The molecule has 4 heteroatoms. The molecule has 0 radical (unpaired) electrons. The summed E-state index contributed by atoms with van der Waals surface area (Å²) >= 11 is 1.64. The molecule has 0 heterocycles. The minimum absolute atomic E-state index is 0.0969. The standard InChI is InChI=1S/C18H33NO2S/c1-2-3-4-5-6-7-8-9-10-11-15-21-18(20)13-17-22-16-12-14-19/h2-13,15-17H2,1H3. The molecule has 0 saturated heterocycles. The lowest BCUT2D eigenvalue weighted by atomic mass is 10.1. The molecule has 0 aliphatic heterocycles. The molecule has 0 fully saturated rings. The molecule has 0 aromatic heterocycles. The first-order valence-corrected chi connectivity index (χ1v) is 10.1. The summed E-state index contributed by atoms with van der Waals surface area (Å²) < 4.78 is 5.20. The number of rotatable bonds is 16. The van der Waals surface area contributed by atoms with E-state index in [1.807, 2.05) is 0 Å². The Kier molecular flexibility index (Phi) is 17.8. The minimum Gasteiger partial charge on any atom is -0.466 e. The van der Waals surface area contributed by atoms with Gasteiger partial charge in [0.25, 0.3) is 0 Å². The SMILES string of the molecule is CCCCCCCCCCCCOC(=O)CCSCCC#N. The van der Waals surface area contributed by atoms with Gasteiger partial charge in [0.05, 0.1) is 19.1 Å². The zero-order valence-electron chi connectivity index (χ0n) is 14.3. The van der Waals surface area contributed by atoms with E-state index in [1.54, 1.807) is 11.8 Å². The summed E-state index contributed by atoms with van der Waals surface area (Å²) in [6.07, 6.45) is 13.9. The zero-order chi connectivity index (χ0) is 16.3. The smallest absolute Gasteiger partial charge is 0.306 e. The zero-order valence-corrected chi connectivity index (χ0v) is 15.1. The fourth-order valence-corrected chi connectivity index (χ4v) is 2.97. The van der Waals surface area contributed by atoms with Crippen molar-refractivity contribution in [1.82, 2.24) is 0 Å². The average Bonchev–Trinajstić information content (AvgIpc) is 2.52. The van der Waals surface area contributed by atoms with Crippen LogP contribution in [-0.4, -0.2) is 24.1 Å². The van der Waals surface area contributed by atoms with Crippen molar-refractivity contribution in [3.63, 3.8) is 0 Å². The Morgan fingerprint density at radius 2 is 1.55 bits per heavy atom. The predicted molar refractivity (Wildman–Crippen MR) is 95.0 cm³/mol. The molecule has 0 unspecified atom stereocenters. The van der Waals surface area contributed by atoms with Crippen LogP contribution < -0.4 is 0 Å². The molecule has 0 N–H and O–H groups in total. The van der Waals surface area contributed by atoms with E-state index in [-0.39, 0.29) is 5.97 Å². The molecule has 0 aromatic rings. The van der Waals surface area contributed by atoms with Gasteiger partial charge >= 0.3 is 5.97 Å². The van der Waals surface area contributed by atoms with Crippen molar-refractivity contribution in [2.75, 3.05) is 18.1 Å². The van der Waals surface area contributed by atoms with Crippen LogP contribution in [0, 0.1) is 11.3 Å². The molecule has 0 aliphatic carbocycles. The highest BCUT2D eigenvalue weighted by molar-refractivity contribution is 7.99. The Bertz CT molecular complexity index is 289. The van der Waals surface area contributed by atoms with Crippen molar-refractivity contribution in [2.24, 2.45) is 0 Å². The summed E-state index contributed by atoms with van der Waals surface area (Å²) in [5, 5.41) is 8.39. The molecular weight excluding hydrogens is 294 g/mol. The second-order valence-corrected chi connectivity index (χ2v) is 6.90. The van der Waals surface area contributed by atoms with Crippen molar-refractivity contribution in [1.29, 1.82) is 5.26 Å². The molecule has 0 spiro atoms. The van der Waals surface area contributed by atoms with E-state index < -0.39 is 0 Å². The summed E-state index contributed by atoms with van der Waals surface area (Å²) in [7, 11) is 0. The Balaban J connectivity index is 3.12. The monoisotopic (exact) mass is 327 g/mol. The number of esters is 1. The van der Waals surface area contributed by atoms with Gasteiger partial charge in [-0.1, -0.05) is 64.7 Å². The van der Waals surface area contributed by atoms with Crippen LogP contribution in [0.15, 0.2) is 0 Å². The highest BCUT2D eigenvalue weighted by Crippen LogP contribution is 2.10. The number of carbonyl (C=O) groups excluding carboxylic acids is 1. The Morgan fingerprint density at radius 1 is 0.955 bits per heavy atom. The molecule has 0 bridgehead atoms. The summed E-state index contributed by atoms with van der Waals surface area (Å²) in [5.74, 6) is 1.47. The van der Waals surface area contributed by atoms with Crippen LogP contribution in [0.5, 0.6) is 0 Å². The molecule has 22 heavy (non-hydrogen) atoms. The van der Waals surface area contributed by atoms with E-state index in [2.05, 4.69) is 13.0 Å².